The Labute approximate surface area is 75.9 Å². The van der Waals surface area contributed by atoms with E-state index in [4.69, 9.17) is 0 Å². The van der Waals surface area contributed by atoms with Gasteiger partial charge in [0, 0.05) is 13.6 Å². The molecule has 0 fully saturated rings. The highest BCUT2D eigenvalue weighted by Gasteiger charge is 2.19. The summed E-state index contributed by atoms with van der Waals surface area (Å²) in [6.07, 6.45) is 1.46. The van der Waals surface area contributed by atoms with Gasteiger partial charge in [0.2, 0.25) is 6.33 Å². The molecule has 1 aromatic heterocycles. The third kappa shape index (κ3) is 2.03. The second kappa shape index (κ2) is 3.53. The molecule has 6 heteroatoms. The average molecular weight is 184 g/mol. The van der Waals surface area contributed by atoms with Gasteiger partial charge >= 0.3 is 5.82 Å². The van der Waals surface area contributed by atoms with Crippen LogP contribution >= 0.6 is 0 Å². The summed E-state index contributed by atoms with van der Waals surface area (Å²) in [4.78, 5) is 15.6. The van der Waals surface area contributed by atoms with Gasteiger partial charge in [-0.2, -0.15) is 0 Å². The van der Waals surface area contributed by atoms with Crippen LogP contribution < -0.4 is 0 Å². The molecule has 72 valence electrons. The number of aryl methyl sites for hydroxylation is 1. The van der Waals surface area contributed by atoms with Crippen LogP contribution in [-0.2, 0) is 13.6 Å². The quantitative estimate of drug-likeness (QED) is 0.503. The molecular weight excluding hydrogens is 172 g/mol. The maximum atomic E-state index is 10.5. The zero-order chi connectivity index (χ0) is 10.0. The largest absolute Gasteiger partial charge is 0.386 e. The Morgan fingerprint density at radius 3 is 2.77 bits per heavy atom. The number of aromatic nitrogens is 2. The molecule has 0 N–H and O–H groups in total. The summed E-state index contributed by atoms with van der Waals surface area (Å²) in [5.74, 6) is -0.0591. The average Bonchev–Trinajstić information content (AvgIpc) is 2.32. The van der Waals surface area contributed by atoms with E-state index < -0.39 is 4.92 Å². The molecule has 0 radical (unpaired) electrons. The first-order valence-electron chi connectivity index (χ1n) is 3.81. The lowest BCUT2D eigenvalue weighted by atomic mass is 10.4. The fraction of sp³-hybridized carbons (Fsp3) is 0.571. The van der Waals surface area contributed by atoms with E-state index in [9.17, 15) is 10.1 Å². The van der Waals surface area contributed by atoms with Gasteiger partial charge in [-0.1, -0.05) is 0 Å². The lowest BCUT2D eigenvalue weighted by Gasteiger charge is -2.08. The second-order valence-corrected chi connectivity index (χ2v) is 3.12. The number of nitro groups is 1. The Hall–Kier alpha value is -1.43. The maximum absolute atomic E-state index is 10.5. The maximum Gasteiger partial charge on any atom is 0.386 e. The zero-order valence-corrected chi connectivity index (χ0v) is 7.89. The minimum Gasteiger partial charge on any atom is -0.358 e. The predicted molar refractivity (Wildman–Crippen MR) is 47.3 cm³/mol. The lowest BCUT2D eigenvalue weighted by molar-refractivity contribution is -0.390. The molecule has 0 aliphatic heterocycles. The van der Waals surface area contributed by atoms with E-state index in [0.29, 0.717) is 12.2 Å². The van der Waals surface area contributed by atoms with Gasteiger partial charge in [-0.15, -0.1) is 0 Å². The van der Waals surface area contributed by atoms with Gasteiger partial charge in [-0.05, 0) is 24.0 Å². The summed E-state index contributed by atoms with van der Waals surface area (Å²) >= 11 is 0. The van der Waals surface area contributed by atoms with Crippen LogP contribution in [0.25, 0.3) is 0 Å². The molecule has 6 nitrogen and oxygen atoms in total. The highest BCUT2D eigenvalue weighted by atomic mass is 16.6. The molecule has 1 rings (SSSR count). The molecule has 0 aromatic carbocycles. The monoisotopic (exact) mass is 184 g/mol. The first-order valence-corrected chi connectivity index (χ1v) is 3.81. The number of nitrogens with zero attached hydrogens (tertiary/aromatic N) is 4. The zero-order valence-electron chi connectivity index (χ0n) is 7.89. The Balaban J connectivity index is 3.01. The van der Waals surface area contributed by atoms with Crippen molar-refractivity contribution in [3.05, 3.63) is 22.1 Å². The molecule has 1 heterocycles. The van der Waals surface area contributed by atoms with Crippen LogP contribution in [0.5, 0.6) is 0 Å². The van der Waals surface area contributed by atoms with Crippen molar-refractivity contribution in [1.82, 2.24) is 14.5 Å². The smallest absolute Gasteiger partial charge is 0.358 e. The third-order valence-electron chi connectivity index (χ3n) is 1.68. The standard InChI is InChI=1S/C7H12N4O2/c1-9(2)4-6-7(11(12)13)8-5-10(6)3/h5H,4H2,1-3H3. The van der Waals surface area contributed by atoms with Crippen molar-refractivity contribution in [3.8, 4) is 0 Å². The van der Waals surface area contributed by atoms with E-state index in [1.54, 1.807) is 11.6 Å². The van der Waals surface area contributed by atoms with Crippen LogP contribution in [0, 0.1) is 10.1 Å². The lowest BCUT2D eigenvalue weighted by Crippen LogP contribution is -2.14. The summed E-state index contributed by atoms with van der Waals surface area (Å²) in [5.41, 5.74) is 0.620. The van der Waals surface area contributed by atoms with E-state index in [1.165, 1.54) is 6.33 Å². The molecule has 0 bridgehead atoms. The molecule has 0 aliphatic carbocycles. The first-order chi connectivity index (χ1) is 6.02. The minimum absolute atomic E-state index is 0.0591. The second-order valence-electron chi connectivity index (χ2n) is 3.12. The van der Waals surface area contributed by atoms with Gasteiger partial charge in [0.15, 0.2) is 0 Å². The number of hydrogen-bond donors (Lipinski definition) is 0. The first kappa shape index (κ1) is 9.66. The molecule has 1 aromatic rings. The van der Waals surface area contributed by atoms with Crippen molar-refractivity contribution >= 4 is 5.82 Å². The van der Waals surface area contributed by atoms with Crippen LogP contribution in [0.2, 0.25) is 0 Å². The van der Waals surface area contributed by atoms with E-state index in [-0.39, 0.29) is 5.82 Å². The third-order valence-corrected chi connectivity index (χ3v) is 1.68. The van der Waals surface area contributed by atoms with E-state index in [0.717, 1.165) is 0 Å². The molecule has 0 amide bonds. The summed E-state index contributed by atoms with van der Waals surface area (Å²) in [7, 11) is 5.46. The van der Waals surface area contributed by atoms with Crippen molar-refractivity contribution in [3.63, 3.8) is 0 Å². The van der Waals surface area contributed by atoms with Gasteiger partial charge < -0.3 is 19.6 Å². The molecule has 0 atom stereocenters. The van der Waals surface area contributed by atoms with E-state index in [1.807, 2.05) is 19.0 Å². The fourth-order valence-corrected chi connectivity index (χ4v) is 1.08. The fourth-order valence-electron chi connectivity index (χ4n) is 1.08. The summed E-state index contributed by atoms with van der Waals surface area (Å²) in [6.45, 7) is 0.521. The van der Waals surface area contributed by atoms with E-state index >= 15 is 0 Å². The summed E-state index contributed by atoms with van der Waals surface area (Å²) in [6, 6.07) is 0. The van der Waals surface area contributed by atoms with Gasteiger partial charge in [0.1, 0.15) is 5.69 Å². The minimum atomic E-state index is -0.459. The van der Waals surface area contributed by atoms with Crippen LogP contribution in [0.15, 0.2) is 6.33 Å². The molecule has 0 aliphatic rings. The molecule has 0 saturated heterocycles. The summed E-state index contributed by atoms with van der Waals surface area (Å²) in [5, 5.41) is 10.5. The number of rotatable bonds is 3. The van der Waals surface area contributed by atoms with E-state index in [2.05, 4.69) is 4.98 Å². The number of imidazole rings is 1. The Bertz CT molecular complexity index is 318. The summed E-state index contributed by atoms with van der Waals surface area (Å²) < 4.78 is 1.66. The van der Waals surface area contributed by atoms with Crippen molar-refractivity contribution < 1.29 is 4.92 Å². The van der Waals surface area contributed by atoms with Crippen molar-refractivity contribution in [2.45, 2.75) is 6.54 Å². The van der Waals surface area contributed by atoms with Crippen molar-refractivity contribution in [1.29, 1.82) is 0 Å². The van der Waals surface area contributed by atoms with Gasteiger partial charge in [0.25, 0.3) is 0 Å². The van der Waals surface area contributed by atoms with Crippen LogP contribution in [0.3, 0.4) is 0 Å². The highest BCUT2D eigenvalue weighted by Crippen LogP contribution is 2.15. The van der Waals surface area contributed by atoms with Crippen LogP contribution in [-0.4, -0.2) is 33.5 Å². The normalized spacial score (nSPS) is 10.8. The van der Waals surface area contributed by atoms with Crippen molar-refractivity contribution in [2.24, 2.45) is 7.05 Å². The van der Waals surface area contributed by atoms with Gasteiger partial charge in [0.05, 0.1) is 0 Å². The molecule has 0 unspecified atom stereocenters. The Morgan fingerprint density at radius 1 is 1.69 bits per heavy atom. The predicted octanol–water partition coefficient (Wildman–Crippen LogP) is 0.390. The number of hydrogen-bond acceptors (Lipinski definition) is 4. The Morgan fingerprint density at radius 2 is 2.31 bits per heavy atom. The van der Waals surface area contributed by atoms with Gasteiger partial charge in [-0.3, -0.25) is 0 Å². The van der Waals surface area contributed by atoms with Crippen LogP contribution in [0.4, 0.5) is 5.82 Å². The SMILES string of the molecule is CN(C)Cc1c([N+](=O)[O-])ncn1C. The van der Waals surface area contributed by atoms with Crippen LogP contribution in [0.1, 0.15) is 5.69 Å². The molecular formula is C7H12N4O2. The van der Waals surface area contributed by atoms with Crippen molar-refractivity contribution in [2.75, 3.05) is 14.1 Å². The highest BCUT2D eigenvalue weighted by molar-refractivity contribution is 5.26. The van der Waals surface area contributed by atoms with Gasteiger partial charge in [-0.25, -0.2) is 0 Å². The topological polar surface area (TPSA) is 64.2 Å². The molecule has 0 spiro atoms. The Kier molecular flexibility index (Phi) is 2.62. The molecule has 0 saturated carbocycles. The molecule has 13 heavy (non-hydrogen) atoms.